The molecular formula is C12H22O3S. The molecule has 0 aliphatic carbocycles. The molecule has 0 aromatic heterocycles. The number of hydrogen-bond donors (Lipinski definition) is 1. The second kappa shape index (κ2) is 6.50. The number of thioether (sulfide) groups is 1. The smallest absolute Gasteiger partial charge is 0.336 e. The summed E-state index contributed by atoms with van der Waals surface area (Å²) >= 11 is 1.69. The first-order chi connectivity index (χ1) is 7.57. The summed E-state index contributed by atoms with van der Waals surface area (Å²) in [6.07, 6.45) is 3.67. The molecule has 1 heterocycles. The minimum atomic E-state index is -0.903. The fourth-order valence-electron chi connectivity index (χ4n) is 1.87. The van der Waals surface area contributed by atoms with E-state index in [0.717, 1.165) is 25.0 Å². The average Bonchev–Trinajstić information content (AvgIpc) is 2.25. The Morgan fingerprint density at radius 3 is 2.81 bits per heavy atom. The van der Waals surface area contributed by atoms with Gasteiger partial charge in [0, 0.05) is 12.4 Å². The van der Waals surface area contributed by atoms with Gasteiger partial charge in [0.25, 0.3) is 0 Å². The van der Waals surface area contributed by atoms with Crippen molar-refractivity contribution in [2.75, 3.05) is 18.1 Å². The quantitative estimate of drug-likeness (QED) is 0.732. The van der Waals surface area contributed by atoms with Gasteiger partial charge in [-0.15, -0.1) is 0 Å². The van der Waals surface area contributed by atoms with Crippen molar-refractivity contribution in [3.05, 3.63) is 0 Å². The van der Waals surface area contributed by atoms with Gasteiger partial charge in [0.05, 0.1) is 0 Å². The molecule has 1 rings (SSSR count). The molecule has 0 spiro atoms. The van der Waals surface area contributed by atoms with Crippen LogP contribution in [0.1, 0.15) is 39.5 Å². The van der Waals surface area contributed by atoms with Crippen LogP contribution in [0.5, 0.6) is 0 Å². The van der Waals surface area contributed by atoms with Gasteiger partial charge >= 0.3 is 5.97 Å². The Hall–Kier alpha value is -0.220. The van der Waals surface area contributed by atoms with Crippen LogP contribution in [0.4, 0.5) is 0 Å². The lowest BCUT2D eigenvalue weighted by atomic mass is 9.99. The number of carbonyl (C=O) groups is 1. The van der Waals surface area contributed by atoms with Gasteiger partial charge in [-0.2, -0.15) is 11.8 Å². The number of rotatable bonds is 6. The Balaban J connectivity index is 2.36. The zero-order valence-corrected chi connectivity index (χ0v) is 11.0. The molecule has 0 amide bonds. The molecule has 0 saturated carbocycles. The zero-order chi connectivity index (χ0) is 12.0. The van der Waals surface area contributed by atoms with E-state index in [-0.39, 0.29) is 0 Å². The molecule has 1 aliphatic rings. The minimum Gasteiger partial charge on any atom is -0.479 e. The summed E-state index contributed by atoms with van der Waals surface area (Å²) in [5, 5.41) is 9.26. The van der Waals surface area contributed by atoms with E-state index < -0.39 is 11.6 Å². The molecule has 94 valence electrons. The second-order valence-corrected chi connectivity index (χ2v) is 5.95. The highest BCUT2D eigenvalue weighted by molar-refractivity contribution is 7.99. The number of ether oxygens (including phenoxy) is 1. The van der Waals surface area contributed by atoms with E-state index in [4.69, 9.17) is 4.74 Å². The van der Waals surface area contributed by atoms with Crippen LogP contribution in [0, 0.1) is 5.92 Å². The maximum Gasteiger partial charge on any atom is 0.336 e. The predicted octanol–water partition coefficient (Wildman–Crippen LogP) is 2.79. The number of aliphatic carboxylic acids is 1. The molecule has 1 aliphatic heterocycles. The van der Waals surface area contributed by atoms with E-state index in [2.05, 4.69) is 13.8 Å². The van der Waals surface area contributed by atoms with Gasteiger partial charge in [-0.1, -0.05) is 13.8 Å². The van der Waals surface area contributed by atoms with E-state index in [9.17, 15) is 9.90 Å². The van der Waals surface area contributed by atoms with Crippen LogP contribution in [0.25, 0.3) is 0 Å². The zero-order valence-electron chi connectivity index (χ0n) is 10.2. The van der Waals surface area contributed by atoms with E-state index in [1.807, 2.05) is 0 Å². The summed E-state index contributed by atoms with van der Waals surface area (Å²) in [5.41, 5.74) is -0.903. The lowest BCUT2D eigenvalue weighted by molar-refractivity contribution is -0.164. The van der Waals surface area contributed by atoms with Gasteiger partial charge in [0.15, 0.2) is 5.60 Å². The monoisotopic (exact) mass is 246 g/mol. The molecule has 3 nitrogen and oxygen atoms in total. The van der Waals surface area contributed by atoms with Crippen molar-refractivity contribution in [1.29, 1.82) is 0 Å². The van der Waals surface area contributed by atoms with Gasteiger partial charge in [0.2, 0.25) is 0 Å². The van der Waals surface area contributed by atoms with Crippen molar-refractivity contribution in [2.45, 2.75) is 45.1 Å². The third-order valence-corrected chi connectivity index (χ3v) is 4.15. The van der Waals surface area contributed by atoms with Crippen molar-refractivity contribution in [3.8, 4) is 0 Å². The third kappa shape index (κ3) is 3.98. The first-order valence-electron chi connectivity index (χ1n) is 6.02. The van der Waals surface area contributed by atoms with Gasteiger partial charge in [-0.25, -0.2) is 4.79 Å². The number of carboxylic acid groups (broad SMARTS) is 1. The third-order valence-electron chi connectivity index (χ3n) is 2.90. The maximum absolute atomic E-state index is 11.3. The first kappa shape index (κ1) is 13.8. The van der Waals surface area contributed by atoms with E-state index in [0.29, 0.717) is 24.7 Å². The van der Waals surface area contributed by atoms with Crippen molar-refractivity contribution >= 4 is 17.7 Å². The molecule has 0 bridgehead atoms. The predicted molar refractivity (Wildman–Crippen MR) is 66.9 cm³/mol. The molecule has 0 aromatic carbocycles. The molecule has 0 aromatic rings. The Labute approximate surface area is 102 Å². The molecule has 1 saturated heterocycles. The van der Waals surface area contributed by atoms with Gasteiger partial charge in [-0.05, 0) is 37.4 Å². The van der Waals surface area contributed by atoms with E-state index in [1.54, 1.807) is 11.8 Å². The van der Waals surface area contributed by atoms with E-state index >= 15 is 0 Å². The van der Waals surface area contributed by atoms with Crippen LogP contribution < -0.4 is 0 Å². The van der Waals surface area contributed by atoms with Crippen molar-refractivity contribution in [1.82, 2.24) is 0 Å². The standard InChI is InChI=1S/C12H22O3S/c1-10(2)5-3-7-15-12(11(13)14)6-4-8-16-9-12/h10H,3-9H2,1-2H3,(H,13,14). The summed E-state index contributed by atoms with van der Waals surface area (Å²) in [6.45, 7) is 4.91. The molecule has 1 unspecified atom stereocenters. The first-order valence-corrected chi connectivity index (χ1v) is 7.17. The highest BCUT2D eigenvalue weighted by Crippen LogP contribution is 2.30. The fraction of sp³-hybridized carbons (Fsp3) is 0.917. The Kier molecular flexibility index (Phi) is 5.62. The normalized spacial score (nSPS) is 25.9. The molecule has 1 N–H and O–H groups in total. The van der Waals surface area contributed by atoms with Crippen LogP contribution in [0.15, 0.2) is 0 Å². The summed E-state index contributed by atoms with van der Waals surface area (Å²) in [5.74, 6) is 1.53. The fourth-order valence-corrected chi connectivity index (χ4v) is 3.05. The molecule has 4 heteroatoms. The maximum atomic E-state index is 11.3. The van der Waals surface area contributed by atoms with Crippen LogP contribution in [0.3, 0.4) is 0 Å². The van der Waals surface area contributed by atoms with Crippen molar-refractivity contribution in [2.24, 2.45) is 5.92 Å². The minimum absolute atomic E-state index is 0.574. The largest absolute Gasteiger partial charge is 0.479 e. The lowest BCUT2D eigenvalue weighted by Gasteiger charge is -2.32. The Morgan fingerprint density at radius 2 is 2.31 bits per heavy atom. The topological polar surface area (TPSA) is 46.5 Å². The summed E-state index contributed by atoms with van der Waals surface area (Å²) in [4.78, 5) is 11.3. The van der Waals surface area contributed by atoms with Crippen LogP contribution in [-0.2, 0) is 9.53 Å². The van der Waals surface area contributed by atoms with Crippen molar-refractivity contribution in [3.63, 3.8) is 0 Å². The highest BCUT2D eigenvalue weighted by atomic mass is 32.2. The summed E-state index contributed by atoms with van der Waals surface area (Å²) in [6, 6.07) is 0. The Bertz CT molecular complexity index is 222. The number of hydrogen-bond acceptors (Lipinski definition) is 3. The van der Waals surface area contributed by atoms with Crippen LogP contribution in [-0.4, -0.2) is 34.8 Å². The summed E-state index contributed by atoms with van der Waals surface area (Å²) in [7, 11) is 0. The average molecular weight is 246 g/mol. The highest BCUT2D eigenvalue weighted by Gasteiger charge is 2.41. The molecule has 1 atom stereocenters. The van der Waals surface area contributed by atoms with Crippen LogP contribution in [0.2, 0.25) is 0 Å². The summed E-state index contributed by atoms with van der Waals surface area (Å²) < 4.78 is 5.66. The molecular weight excluding hydrogens is 224 g/mol. The molecule has 0 radical (unpaired) electrons. The SMILES string of the molecule is CC(C)CCCOC1(C(=O)O)CCCSC1. The van der Waals surface area contributed by atoms with Gasteiger partial charge < -0.3 is 9.84 Å². The Morgan fingerprint density at radius 1 is 1.56 bits per heavy atom. The van der Waals surface area contributed by atoms with Crippen LogP contribution >= 0.6 is 11.8 Å². The lowest BCUT2D eigenvalue weighted by Crippen LogP contribution is -2.46. The second-order valence-electron chi connectivity index (χ2n) is 4.84. The van der Waals surface area contributed by atoms with E-state index in [1.165, 1.54) is 0 Å². The van der Waals surface area contributed by atoms with Gasteiger partial charge in [0.1, 0.15) is 0 Å². The number of carboxylic acids is 1. The van der Waals surface area contributed by atoms with Crippen molar-refractivity contribution < 1.29 is 14.6 Å². The molecule has 16 heavy (non-hydrogen) atoms. The molecule has 1 fully saturated rings. The van der Waals surface area contributed by atoms with Gasteiger partial charge in [-0.3, -0.25) is 0 Å².